The van der Waals surface area contributed by atoms with Crippen LogP contribution in [0.1, 0.15) is 24.5 Å². The fourth-order valence-corrected chi connectivity index (χ4v) is 3.65. The SMILES string of the molecule is COc1ccc(CCNC[C@@H](O)COc2ccc(OCC(C)=O)c3c2CCC(=O)N3)cc1OC. The van der Waals surface area contributed by atoms with Crippen molar-refractivity contribution >= 4 is 17.4 Å². The normalized spacial score (nSPS) is 13.5. The molecule has 0 saturated carbocycles. The van der Waals surface area contributed by atoms with Gasteiger partial charge in [-0.1, -0.05) is 6.07 Å². The number of benzene rings is 2. The van der Waals surface area contributed by atoms with Gasteiger partial charge in [0.05, 0.1) is 19.9 Å². The summed E-state index contributed by atoms with van der Waals surface area (Å²) in [6.45, 7) is 2.50. The predicted octanol–water partition coefficient (Wildman–Crippen LogP) is 2.13. The van der Waals surface area contributed by atoms with Crippen LogP contribution >= 0.6 is 0 Å². The number of anilines is 1. The van der Waals surface area contributed by atoms with Crippen molar-refractivity contribution in [3.63, 3.8) is 0 Å². The van der Waals surface area contributed by atoms with Crippen LogP contribution in [0.2, 0.25) is 0 Å². The van der Waals surface area contributed by atoms with Gasteiger partial charge in [-0.15, -0.1) is 0 Å². The van der Waals surface area contributed by atoms with Crippen LogP contribution < -0.4 is 29.6 Å². The average molecular weight is 473 g/mol. The first-order valence-electron chi connectivity index (χ1n) is 11.2. The number of ketones is 1. The molecule has 0 bridgehead atoms. The molecule has 9 nitrogen and oxygen atoms in total. The number of aliphatic hydroxyl groups excluding tert-OH is 1. The number of nitrogens with one attached hydrogen (secondary N) is 2. The lowest BCUT2D eigenvalue weighted by Crippen LogP contribution is -2.32. The lowest BCUT2D eigenvalue weighted by Gasteiger charge is -2.23. The highest BCUT2D eigenvalue weighted by molar-refractivity contribution is 5.96. The molecule has 0 fully saturated rings. The summed E-state index contributed by atoms with van der Waals surface area (Å²) in [5, 5.41) is 16.4. The van der Waals surface area contributed by atoms with E-state index in [0.717, 1.165) is 17.5 Å². The second-order valence-electron chi connectivity index (χ2n) is 8.06. The standard InChI is InChI=1S/C25H32N2O7/c1-16(28)14-33-22-8-7-20(19-5-9-24(30)27-25(19)22)34-15-18(29)13-26-11-10-17-4-6-21(31-2)23(12-17)32-3/h4,6-8,12,18,26,29H,5,9-11,13-15H2,1-3H3,(H,27,30)/t18-/m1/s1. The smallest absolute Gasteiger partial charge is 0.224 e. The zero-order valence-corrected chi connectivity index (χ0v) is 19.8. The Morgan fingerprint density at radius 1 is 1.06 bits per heavy atom. The van der Waals surface area contributed by atoms with E-state index in [9.17, 15) is 14.7 Å². The summed E-state index contributed by atoms with van der Waals surface area (Å²) in [7, 11) is 3.21. The molecule has 0 spiro atoms. The van der Waals surface area contributed by atoms with Gasteiger partial charge in [-0.2, -0.15) is 0 Å². The molecule has 184 valence electrons. The number of hydrogen-bond acceptors (Lipinski definition) is 8. The summed E-state index contributed by atoms with van der Waals surface area (Å²) in [6.07, 6.45) is 0.878. The van der Waals surface area contributed by atoms with Crippen LogP contribution in [0.3, 0.4) is 0 Å². The van der Waals surface area contributed by atoms with E-state index < -0.39 is 6.10 Å². The third kappa shape index (κ3) is 6.85. The van der Waals surface area contributed by atoms with Crippen LogP contribution in [0.15, 0.2) is 30.3 Å². The van der Waals surface area contributed by atoms with Gasteiger partial charge in [0.15, 0.2) is 17.3 Å². The van der Waals surface area contributed by atoms with Crippen LogP contribution in [0.4, 0.5) is 5.69 Å². The molecule has 9 heteroatoms. The molecule has 1 heterocycles. The van der Waals surface area contributed by atoms with Gasteiger partial charge in [0, 0.05) is 18.5 Å². The first-order chi connectivity index (χ1) is 16.4. The van der Waals surface area contributed by atoms with E-state index in [2.05, 4.69) is 10.6 Å². The monoisotopic (exact) mass is 472 g/mol. The number of amides is 1. The fraction of sp³-hybridized carbons (Fsp3) is 0.440. The Bertz CT molecular complexity index is 1010. The summed E-state index contributed by atoms with van der Waals surface area (Å²) in [5.74, 6) is 2.16. The summed E-state index contributed by atoms with van der Waals surface area (Å²) >= 11 is 0. The van der Waals surface area contributed by atoms with Crippen molar-refractivity contribution in [1.82, 2.24) is 5.32 Å². The molecule has 0 aliphatic carbocycles. The molecule has 1 amide bonds. The number of aliphatic hydroxyl groups is 1. The number of carbonyl (C=O) groups excluding carboxylic acids is 2. The van der Waals surface area contributed by atoms with Crippen LogP contribution in [0, 0.1) is 0 Å². The topological polar surface area (TPSA) is 115 Å². The Balaban J connectivity index is 1.50. The highest BCUT2D eigenvalue weighted by Crippen LogP contribution is 2.39. The van der Waals surface area contributed by atoms with Crippen molar-refractivity contribution in [3.05, 3.63) is 41.5 Å². The molecule has 1 aliphatic heterocycles. The molecular formula is C25H32N2O7. The van der Waals surface area contributed by atoms with Gasteiger partial charge >= 0.3 is 0 Å². The van der Waals surface area contributed by atoms with E-state index in [4.69, 9.17) is 18.9 Å². The van der Waals surface area contributed by atoms with Crippen molar-refractivity contribution in [1.29, 1.82) is 0 Å². The molecule has 0 unspecified atom stereocenters. The number of hydrogen-bond donors (Lipinski definition) is 3. The van der Waals surface area contributed by atoms with Crippen LogP contribution in [0.5, 0.6) is 23.0 Å². The quantitative estimate of drug-likeness (QED) is 0.380. The minimum absolute atomic E-state index is 0.0732. The summed E-state index contributed by atoms with van der Waals surface area (Å²) in [6, 6.07) is 9.19. The third-order valence-corrected chi connectivity index (χ3v) is 5.38. The van der Waals surface area contributed by atoms with E-state index in [1.54, 1.807) is 26.4 Å². The van der Waals surface area contributed by atoms with Crippen LogP contribution in [-0.2, 0) is 22.4 Å². The first kappa shape index (κ1) is 25.3. The average Bonchev–Trinajstić information content (AvgIpc) is 2.83. The predicted molar refractivity (Wildman–Crippen MR) is 127 cm³/mol. The molecule has 0 aromatic heterocycles. The molecule has 2 aromatic carbocycles. The largest absolute Gasteiger partial charge is 0.493 e. The first-order valence-corrected chi connectivity index (χ1v) is 11.2. The van der Waals surface area contributed by atoms with Crippen LogP contribution in [0.25, 0.3) is 0 Å². The Morgan fingerprint density at radius 2 is 1.79 bits per heavy atom. The lowest BCUT2D eigenvalue weighted by atomic mass is 10.0. The van der Waals surface area contributed by atoms with E-state index in [-0.39, 0.29) is 24.9 Å². The van der Waals surface area contributed by atoms with Crippen molar-refractivity contribution in [3.8, 4) is 23.0 Å². The van der Waals surface area contributed by atoms with E-state index in [0.29, 0.717) is 54.6 Å². The van der Waals surface area contributed by atoms with E-state index in [1.165, 1.54) is 6.92 Å². The zero-order chi connectivity index (χ0) is 24.5. The van der Waals surface area contributed by atoms with Crippen LogP contribution in [-0.4, -0.2) is 63.4 Å². The molecule has 2 aromatic rings. The number of rotatable bonds is 13. The number of methoxy groups -OCH3 is 2. The minimum atomic E-state index is -0.715. The fourth-order valence-electron chi connectivity index (χ4n) is 3.65. The molecule has 1 atom stereocenters. The van der Waals surface area contributed by atoms with Gasteiger partial charge in [0.2, 0.25) is 5.91 Å². The Hall–Kier alpha value is -3.30. The highest BCUT2D eigenvalue weighted by Gasteiger charge is 2.23. The highest BCUT2D eigenvalue weighted by atomic mass is 16.5. The molecule has 0 saturated heterocycles. The van der Waals surface area contributed by atoms with Gasteiger partial charge in [-0.25, -0.2) is 0 Å². The molecule has 3 N–H and O–H groups in total. The minimum Gasteiger partial charge on any atom is -0.493 e. The second kappa shape index (κ2) is 12.2. The van der Waals surface area contributed by atoms with E-state index >= 15 is 0 Å². The number of carbonyl (C=O) groups is 2. The zero-order valence-electron chi connectivity index (χ0n) is 19.8. The van der Waals surface area contributed by atoms with Gasteiger partial charge in [0.25, 0.3) is 0 Å². The van der Waals surface area contributed by atoms with Crippen molar-refractivity contribution in [2.45, 2.75) is 32.3 Å². The Kier molecular flexibility index (Phi) is 9.12. The van der Waals surface area contributed by atoms with Crippen molar-refractivity contribution < 1.29 is 33.6 Å². The number of ether oxygens (including phenoxy) is 4. The van der Waals surface area contributed by atoms with Gasteiger partial charge in [-0.3, -0.25) is 9.59 Å². The molecule has 1 aliphatic rings. The Morgan fingerprint density at radius 3 is 2.53 bits per heavy atom. The van der Waals surface area contributed by atoms with Gasteiger partial charge in [0.1, 0.15) is 30.8 Å². The maximum absolute atomic E-state index is 11.9. The Labute approximate surface area is 199 Å². The van der Waals surface area contributed by atoms with Gasteiger partial charge in [-0.05, 0) is 56.1 Å². The summed E-state index contributed by atoms with van der Waals surface area (Å²) < 4.78 is 22.0. The number of Topliss-reactive ketones (excluding diaryl/α,β-unsaturated/α-hetero) is 1. The summed E-state index contributed by atoms with van der Waals surface area (Å²) in [5.41, 5.74) is 2.42. The van der Waals surface area contributed by atoms with Crippen molar-refractivity contribution in [2.24, 2.45) is 0 Å². The molecule has 3 rings (SSSR count). The second-order valence-corrected chi connectivity index (χ2v) is 8.06. The third-order valence-electron chi connectivity index (χ3n) is 5.38. The summed E-state index contributed by atoms with van der Waals surface area (Å²) in [4.78, 5) is 23.1. The maximum atomic E-state index is 11.9. The molecule has 0 radical (unpaired) electrons. The lowest BCUT2D eigenvalue weighted by molar-refractivity contribution is -0.119. The number of fused-ring (bicyclic) bond motifs is 1. The van der Waals surface area contributed by atoms with Gasteiger partial charge < -0.3 is 34.7 Å². The molecular weight excluding hydrogens is 440 g/mol. The van der Waals surface area contributed by atoms with E-state index in [1.807, 2.05) is 18.2 Å². The van der Waals surface area contributed by atoms with Crippen molar-refractivity contribution in [2.75, 3.05) is 45.8 Å². The molecule has 34 heavy (non-hydrogen) atoms. The maximum Gasteiger partial charge on any atom is 0.224 e.